The van der Waals surface area contributed by atoms with Crippen LogP contribution < -0.4 is 9.80 Å². The molecule has 0 atom stereocenters. The predicted molar refractivity (Wildman–Crippen MR) is 112 cm³/mol. The van der Waals surface area contributed by atoms with Gasteiger partial charge in [-0.3, -0.25) is 19.4 Å². The van der Waals surface area contributed by atoms with E-state index in [1.54, 1.807) is 72.8 Å². The Morgan fingerprint density at radius 2 is 0.969 bits per heavy atom. The zero-order valence-electron chi connectivity index (χ0n) is 17.3. The third kappa shape index (κ3) is 1.84. The van der Waals surface area contributed by atoms with Crippen molar-refractivity contribution in [3.05, 3.63) is 60.7 Å². The van der Waals surface area contributed by atoms with E-state index in [9.17, 15) is 30.6 Å². The number of carbonyl (C=O) groups excluding carboxylic acids is 2. The summed E-state index contributed by atoms with van der Waals surface area (Å²) in [5.41, 5.74) is -8.59. The van der Waals surface area contributed by atoms with E-state index in [1.165, 1.54) is 23.6 Å². The fourth-order valence-electron chi connectivity index (χ4n) is 5.13. The topological polar surface area (TPSA) is 136 Å². The molecule has 0 radical (unpaired) electrons. The Balaban J connectivity index is 2.23. The smallest absolute Gasteiger partial charge is 0.247 e. The number of benzene rings is 2. The molecule has 2 amide bonds. The lowest BCUT2D eigenvalue weighted by molar-refractivity contribution is -0.165. The molecule has 0 aromatic heterocycles. The lowest BCUT2D eigenvalue weighted by Gasteiger charge is -2.68. The van der Waals surface area contributed by atoms with Gasteiger partial charge in [0.1, 0.15) is 0 Å². The van der Waals surface area contributed by atoms with Gasteiger partial charge in [0.15, 0.2) is 11.1 Å². The van der Waals surface area contributed by atoms with Crippen LogP contribution >= 0.6 is 0 Å². The maximum atomic E-state index is 13.9. The molecule has 8 nitrogen and oxygen atoms in total. The van der Waals surface area contributed by atoms with Crippen molar-refractivity contribution < 1.29 is 9.59 Å². The Morgan fingerprint density at radius 1 is 0.625 bits per heavy atom. The van der Waals surface area contributed by atoms with E-state index in [0.29, 0.717) is 11.4 Å². The van der Waals surface area contributed by atoms with Gasteiger partial charge in [0, 0.05) is 11.4 Å². The molecule has 5 rings (SSSR count). The van der Waals surface area contributed by atoms with Crippen molar-refractivity contribution in [1.82, 2.24) is 0 Å². The van der Waals surface area contributed by atoms with Gasteiger partial charge in [-0.25, -0.2) is 0 Å². The van der Waals surface area contributed by atoms with Gasteiger partial charge in [-0.1, -0.05) is 36.4 Å². The molecule has 3 fully saturated rings. The van der Waals surface area contributed by atoms with Gasteiger partial charge in [0.05, 0.1) is 24.3 Å². The Kier molecular flexibility index (Phi) is 4.13. The van der Waals surface area contributed by atoms with E-state index in [1.807, 2.05) is 12.1 Å². The summed E-state index contributed by atoms with van der Waals surface area (Å²) >= 11 is 0. The summed E-state index contributed by atoms with van der Waals surface area (Å²) in [6.07, 6.45) is 0. The highest BCUT2D eigenvalue weighted by molar-refractivity contribution is 6.24. The van der Waals surface area contributed by atoms with Crippen molar-refractivity contribution in [3.63, 3.8) is 0 Å². The van der Waals surface area contributed by atoms with E-state index >= 15 is 0 Å². The number of para-hydroxylation sites is 2. The molecule has 0 spiro atoms. The quantitative estimate of drug-likeness (QED) is 0.685. The number of amides is 2. The van der Waals surface area contributed by atoms with E-state index in [0.717, 1.165) is 0 Å². The molecule has 3 aliphatic heterocycles. The number of nitrogens with zero attached hydrogens (tertiary/aromatic N) is 6. The highest BCUT2D eigenvalue weighted by Gasteiger charge is 2.88. The second-order valence-electron chi connectivity index (χ2n) is 8.05. The Hall–Kier alpha value is -4.66. The van der Waals surface area contributed by atoms with E-state index in [-0.39, 0.29) is 0 Å². The molecule has 2 aromatic rings. The molecule has 3 aliphatic rings. The van der Waals surface area contributed by atoms with Crippen molar-refractivity contribution in [1.29, 1.82) is 21.0 Å². The van der Waals surface area contributed by atoms with Crippen molar-refractivity contribution >= 4 is 23.2 Å². The molecule has 32 heavy (non-hydrogen) atoms. The number of piperidine rings is 2. The Labute approximate surface area is 184 Å². The summed E-state index contributed by atoms with van der Waals surface area (Å²) in [5, 5.41) is 41.1. The minimum absolute atomic E-state index is 0.332. The molecule has 0 aliphatic carbocycles. The van der Waals surface area contributed by atoms with Gasteiger partial charge in [0.2, 0.25) is 22.6 Å². The predicted octanol–water partition coefficient (Wildman–Crippen LogP) is 2.87. The lowest BCUT2D eigenvalue weighted by Crippen LogP contribution is -2.89. The summed E-state index contributed by atoms with van der Waals surface area (Å²) < 4.78 is 0. The normalized spacial score (nSPS) is 27.1. The zero-order valence-corrected chi connectivity index (χ0v) is 17.3. The van der Waals surface area contributed by atoms with Crippen molar-refractivity contribution in [2.24, 2.45) is 16.2 Å². The lowest BCUT2D eigenvalue weighted by atomic mass is 9.42. The number of anilines is 2. The van der Waals surface area contributed by atoms with Gasteiger partial charge in [-0.05, 0) is 38.1 Å². The van der Waals surface area contributed by atoms with E-state index in [4.69, 9.17) is 0 Å². The number of nitriles is 4. The first-order valence-electron chi connectivity index (χ1n) is 9.72. The van der Waals surface area contributed by atoms with Gasteiger partial charge >= 0.3 is 0 Å². The summed E-state index contributed by atoms with van der Waals surface area (Å²) in [7, 11) is 0. The van der Waals surface area contributed by atoms with E-state index < -0.39 is 33.7 Å². The molecular weight excluding hydrogens is 404 g/mol. The molecule has 0 unspecified atom stereocenters. The van der Waals surface area contributed by atoms with Crippen LogP contribution in [0.15, 0.2) is 60.7 Å². The number of hydrogen-bond donors (Lipinski definition) is 0. The molecule has 0 saturated carbocycles. The molecule has 2 bridgehead atoms. The molecule has 154 valence electrons. The number of rotatable bonds is 2. The second-order valence-corrected chi connectivity index (χ2v) is 8.05. The third-order valence-corrected chi connectivity index (χ3v) is 6.85. The van der Waals surface area contributed by atoms with Crippen LogP contribution in [0.2, 0.25) is 0 Å². The van der Waals surface area contributed by atoms with Crippen LogP contribution in [0.4, 0.5) is 11.4 Å². The standard InChI is InChI=1S/C24H16N6O2/c1-21-19(31)29(17-9-5-3-6-10-17)22(2,24(15-27,16-28)23(21,13-25)14-26)30(20(21)32)18-11-7-4-8-12-18/h3-12H,1-2H3. The molecule has 2 aromatic carbocycles. The van der Waals surface area contributed by atoms with Gasteiger partial charge in [-0.15, -0.1) is 0 Å². The SMILES string of the molecule is CC12C(=O)N(c3ccccc3)C(C)(N(c3ccccc3)C1=O)C(C#N)(C#N)C2(C#N)C#N. The zero-order chi connectivity index (χ0) is 23.4. The van der Waals surface area contributed by atoms with Crippen LogP contribution in [-0.4, -0.2) is 17.5 Å². The van der Waals surface area contributed by atoms with Gasteiger partial charge < -0.3 is 0 Å². The van der Waals surface area contributed by atoms with Crippen LogP contribution in [0, 0.1) is 61.6 Å². The Morgan fingerprint density at radius 3 is 1.28 bits per heavy atom. The second kappa shape index (κ2) is 6.42. The molecular formula is C24H16N6O2. The summed E-state index contributed by atoms with van der Waals surface area (Å²) in [5.74, 6) is -1.62. The first kappa shape index (κ1) is 20.6. The fourth-order valence-corrected chi connectivity index (χ4v) is 5.13. The van der Waals surface area contributed by atoms with E-state index in [2.05, 4.69) is 0 Å². The first-order chi connectivity index (χ1) is 15.3. The monoisotopic (exact) mass is 420 g/mol. The molecule has 3 heterocycles. The average Bonchev–Trinajstić information content (AvgIpc) is 2.82. The number of fused-ring (bicyclic) bond motifs is 3. The van der Waals surface area contributed by atoms with Crippen LogP contribution in [-0.2, 0) is 9.59 Å². The van der Waals surface area contributed by atoms with Crippen molar-refractivity contribution in [2.45, 2.75) is 19.5 Å². The third-order valence-electron chi connectivity index (χ3n) is 6.85. The largest absolute Gasteiger partial charge is 0.285 e. The summed E-state index contributed by atoms with van der Waals surface area (Å²) in [6, 6.07) is 23.9. The molecule has 0 N–H and O–H groups in total. The first-order valence-corrected chi connectivity index (χ1v) is 9.72. The minimum Gasteiger partial charge on any atom is -0.285 e. The van der Waals surface area contributed by atoms with Crippen LogP contribution in [0.5, 0.6) is 0 Å². The highest BCUT2D eigenvalue weighted by atomic mass is 16.2. The Bertz CT molecular complexity index is 1220. The highest BCUT2D eigenvalue weighted by Crippen LogP contribution is 2.68. The van der Waals surface area contributed by atoms with Crippen LogP contribution in [0.1, 0.15) is 13.8 Å². The van der Waals surface area contributed by atoms with Crippen molar-refractivity contribution in [3.8, 4) is 24.3 Å². The molecule has 3 saturated heterocycles. The van der Waals surface area contributed by atoms with Crippen LogP contribution in [0.25, 0.3) is 0 Å². The number of hydrogen-bond acceptors (Lipinski definition) is 6. The maximum Gasteiger partial charge on any atom is 0.247 e. The van der Waals surface area contributed by atoms with Gasteiger partial charge in [-0.2, -0.15) is 21.0 Å². The van der Waals surface area contributed by atoms with Gasteiger partial charge in [0.25, 0.3) is 0 Å². The van der Waals surface area contributed by atoms with Crippen molar-refractivity contribution in [2.75, 3.05) is 9.80 Å². The maximum absolute atomic E-state index is 13.9. The summed E-state index contributed by atoms with van der Waals surface area (Å²) in [6.45, 7) is 2.57. The summed E-state index contributed by atoms with van der Waals surface area (Å²) in [4.78, 5) is 30.2. The van der Waals surface area contributed by atoms with Crippen LogP contribution in [0.3, 0.4) is 0 Å². The average molecular weight is 420 g/mol. The minimum atomic E-state index is -2.54. The molecule has 8 heteroatoms. The number of carbonyl (C=O) groups is 2. The fraction of sp³-hybridized carbons (Fsp3) is 0.250.